The first-order valence-electron chi connectivity index (χ1n) is 20.9. The highest BCUT2D eigenvalue weighted by Crippen LogP contribution is 2.37. The second-order valence-corrected chi connectivity index (χ2v) is 19.8. The van der Waals surface area contributed by atoms with Crippen LogP contribution in [0, 0.1) is 0 Å². The Morgan fingerprint density at radius 2 is 0.914 bits per heavy atom. The summed E-state index contributed by atoms with van der Waals surface area (Å²) in [5.41, 5.74) is 1.65. The molecule has 304 valence electrons. The van der Waals surface area contributed by atoms with Crippen LogP contribution in [0.3, 0.4) is 0 Å². The minimum atomic E-state index is -3.84. The third-order valence-electron chi connectivity index (χ3n) is 11.8. The molecule has 11 nitrogen and oxygen atoms in total. The van der Waals surface area contributed by atoms with Crippen molar-refractivity contribution in [3.05, 3.63) is 81.4 Å². The van der Waals surface area contributed by atoms with Gasteiger partial charge in [-0.3, -0.25) is 18.4 Å². The smallest absolute Gasteiger partial charge is 0.264 e. The molecule has 0 radical (unpaired) electrons. The topological polar surface area (TPSA) is 149 Å². The summed E-state index contributed by atoms with van der Waals surface area (Å²) in [6.07, 6.45) is 21.2. The van der Waals surface area contributed by atoms with Crippen LogP contribution in [-0.2, 0) is 19.9 Å². The van der Waals surface area contributed by atoms with Crippen LogP contribution in [0.2, 0.25) is 0 Å². The van der Waals surface area contributed by atoms with E-state index in [1.54, 1.807) is 36.4 Å². The van der Waals surface area contributed by atoms with Gasteiger partial charge in [0, 0.05) is 45.1 Å². The molecule has 0 aliphatic carbocycles. The van der Waals surface area contributed by atoms with Gasteiger partial charge in [-0.05, 0) is 67.1 Å². The molecule has 0 saturated heterocycles. The van der Waals surface area contributed by atoms with Crippen LogP contribution in [0.1, 0.15) is 110 Å². The summed E-state index contributed by atoms with van der Waals surface area (Å²) < 4.78 is 57.2. The molecule has 13 heteroatoms. The summed E-state index contributed by atoms with van der Waals surface area (Å²) in [5, 5.41) is 3.11. The number of nitrogens with zero attached hydrogens (tertiary/aromatic N) is 4. The van der Waals surface area contributed by atoms with Gasteiger partial charge >= 0.3 is 0 Å². The van der Waals surface area contributed by atoms with Gasteiger partial charge in [0.15, 0.2) is 9.84 Å². The lowest BCUT2D eigenvalue weighted by atomic mass is 9.96. The van der Waals surface area contributed by atoms with E-state index in [9.17, 15) is 26.4 Å². The van der Waals surface area contributed by atoms with E-state index in [1.807, 2.05) is 0 Å². The number of sulfonamides is 1. The van der Waals surface area contributed by atoms with Crippen LogP contribution in [0.25, 0.3) is 65.7 Å². The number of hydrogen-bond acceptors (Lipinski definition) is 8. The van der Waals surface area contributed by atoms with Crippen molar-refractivity contribution in [3.8, 4) is 0 Å². The zero-order chi connectivity index (χ0) is 40.6. The molecule has 0 amide bonds. The second-order valence-electron chi connectivity index (χ2n) is 16.0. The fourth-order valence-corrected chi connectivity index (χ4v) is 10.4. The summed E-state index contributed by atoms with van der Waals surface area (Å²) in [6, 6.07) is 16.1. The number of imidazole rings is 2. The molecule has 0 unspecified atom stereocenters. The second kappa shape index (κ2) is 16.5. The molecule has 0 bridgehead atoms. The summed E-state index contributed by atoms with van der Waals surface area (Å²) >= 11 is 0. The molecule has 4 aromatic carbocycles. The standard InChI is InChI=1S/C45H51N5O6S2/c1-3-4-5-6-7-8-9-10-11-12-13-14-15-16-17-18-27-46-58(55,56)31-20-26-37-39(29-31)50-43(48-37)33-22-23-34-40-32(21-24-35(41(33)40)45(50)52)42-47-36-25-19-30(57(2,53)54)28-38(36)49(42)44(34)51/h19-26,28-29,46H,3-18,27H2,1-2H3. The van der Waals surface area contributed by atoms with Crippen LogP contribution < -0.4 is 15.8 Å². The molecule has 8 rings (SSSR count). The van der Waals surface area contributed by atoms with E-state index in [0.29, 0.717) is 72.2 Å². The van der Waals surface area contributed by atoms with Gasteiger partial charge < -0.3 is 0 Å². The molecule has 0 atom stereocenters. The van der Waals surface area contributed by atoms with Gasteiger partial charge in [0.1, 0.15) is 11.3 Å². The molecular weight excluding hydrogens is 771 g/mol. The van der Waals surface area contributed by atoms with Gasteiger partial charge in [0.25, 0.3) is 11.1 Å². The summed E-state index contributed by atoms with van der Waals surface area (Å²) in [4.78, 5) is 38.1. The number of fused-ring (bicyclic) bond motifs is 8. The normalized spacial score (nSPS) is 12.9. The number of rotatable bonds is 20. The molecule has 4 aromatic heterocycles. The predicted molar refractivity (Wildman–Crippen MR) is 234 cm³/mol. The summed E-state index contributed by atoms with van der Waals surface area (Å²) in [7, 11) is -7.37. The lowest BCUT2D eigenvalue weighted by Gasteiger charge is -2.12. The SMILES string of the molecule is CCCCCCCCCCCCCCCCCCNS(=O)(=O)c1ccc2nc3c4ccc5c(=O)n6c7cc(S(C)(=O)=O)ccc7nc6c6ccc(c(=O)n3c2c1)c4c56. The van der Waals surface area contributed by atoms with Crippen LogP contribution in [0.4, 0.5) is 0 Å². The van der Waals surface area contributed by atoms with Gasteiger partial charge in [-0.2, -0.15) is 0 Å². The zero-order valence-corrected chi connectivity index (χ0v) is 35.0. The molecular formula is C45H51N5O6S2. The number of benzene rings is 4. The highest BCUT2D eigenvalue weighted by Gasteiger charge is 2.24. The van der Waals surface area contributed by atoms with Crippen LogP contribution >= 0.6 is 0 Å². The molecule has 4 heterocycles. The van der Waals surface area contributed by atoms with E-state index in [0.717, 1.165) is 25.5 Å². The van der Waals surface area contributed by atoms with Crippen molar-refractivity contribution in [2.24, 2.45) is 0 Å². The van der Waals surface area contributed by atoms with Crippen LogP contribution in [-0.4, -0.2) is 48.4 Å². The quantitative estimate of drug-likeness (QED) is 0.0591. The van der Waals surface area contributed by atoms with E-state index < -0.39 is 19.9 Å². The first-order chi connectivity index (χ1) is 28.0. The Bertz CT molecular complexity index is 3140. The Morgan fingerprint density at radius 1 is 0.517 bits per heavy atom. The fraction of sp³-hybridized carbons (Fsp3) is 0.422. The van der Waals surface area contributed by atoms with E-state index in [4.69, 9.17) is 9.97 Å². The third kappa shape index (κ3) is 7.52. The number of nitrogens with one attached hydrogen (secondary N) is 1. The van der Waals surface area contributed by atoms with E-state index in [1.165, 1.54) is 117 Å². The average Bonchev–Trinajstić information content (AvgIpc) is 3.79. The predicted octanol–water partition coefficient (Wildman–Crippen LogP) is 9.29. The number of aromatic nitrogens is 4. The van der Waals surface area contributed by atoms with Crippen molar-refractivity contribution < 1.29 is 16.8 Å². The van der Waals surface area contributed by atoms with E-state index in [-0.39, 0.29) is 20.9 Å². The molecule has 0 spiro atoms. The fourth-order valence-electron chi connectivity index (χ4n) is 8.71. The number of unbranched alkanes of at least 4 members (excludes halogenated alkanes) is 15. The zero-order valence-electron chi connectivity index (χ0n) is 33.3. The lowest BCUT2D eigenvalue weighted by Crippen LogP contribution is -2.24. The minimum absolute atomic E-state index is 0.0616. The van der Waals surface area contributed by atoms with Crippen molar-refractivity contribution >= 4 is 85.5 Å². The largest absolute Gasteiger partial charge is 0.268 e. The van der Waals surface area contributed by atoms with E-state index in [2.05, 4.69) is 11.6 Å². The van der Waals surface area contributed by atoms with Crippen molar-refractivity contribution in [1.82, 2.24) is 23.5 Å². The Kier molecular flexibility index (Phi) is 11.4. The van der Waals surface area contributed by atoms with Gasteiger partial charge in [-0.15, -0.1) is 0 Å². The van der Waals surface area contributed by atoms with Gasteiger partial charge in [0.2, 0.25) is 10.0 Å². The molecule has 8 aromatic rings. The van der Waals surface area contributed by atoms with Gasteiger partial charge in [-0.25, -0.2) is 31.5 Å². The summed E-state index contributed by atoms with van der Waals surface area (Å²) in [6.45, 7) is 2.60. The van der Waals surface area contributed by atoms with E-state index >= 15 is 0 Å². The van der Waals surface area contributed by atoms with Crippen molar-refractivity contribution in [3.63, 3.8) is 0 Å². The van der Waals surface area contributed by atoms with Crippen molar-refractivity contribution in [2.75, 3.05) is 12.8 Å². The Labute approximate surface area is 338 Å². The number of hydrogen-bond donors (Lipinski definition) is 1. The highest BCUT2D eigenvalue weighted by molar-refractivity contribution is 7.90. The monoisotopic (exact) mass is 821 g/mol. The third-order valence-corrected chi connectivity index (χ3v) is 14.4. The first-order valence-corrected chi connectivity index (χ1v) is 24.3. The molecule has 1 N–H and O–H groups in total. The molecule has 0 saturated carbocycles. The first kappa shape index (κ1) is 40.1. The van der Waals surface area contributed by atoms with Gasteiger partial charge in [-0.1, -0.05) is 103 Å². The molecule has 0 fully saturated rings. The highest BCUT2D eigenvalue weighted by atomic mass is 32.2. The Balaban J connectivity index is 0.965. The lowest BCUT2D eigenvalue weighted by molar-refractivity contribution is 0.528. The van der Waals surface area contributed by atoms with Crippen molar-refractivity contribution in [1.29, 1.82) is 0 Å². The maximum absolute atomic E-state index is 14.3. The maximum atomic E-state index is 14.3. The maximum Gasteiger partial charge on any atom is 0.264 e. The van der Waals surface area contributed by atoms with Crippen molar-refractivity contribution in [2.45, 2.75) is 119 Å². The Morgan fingerprint density at radius 3 is 1.36 bits per heavy atom. The molecule has 0 aliphatic heterocycles. The molecule has 0 aliphatic rings. The summed E-state index contributed by atoms with van der Waals surface area (Å²) in [5.74, 6) is 0. The minimum Gasteiger partial charge on any atom is -0.268 e. The van der Waals surface area contributed by atoms with Gasteiger partial charge in [0.05, 0.1) is 31.9 Å². The van der Waals surface area contributed by atoms with Crippen LogP contribution in [0.5, 0.6) is 0 Å². The Hall–Kier alpha value is -4.72. The number of sulfone groups is 1. The number of pyridine rings is 2. The average molecular weight is 822 g/mol. The van der Waals surface area contributed by atoms with Crippen LogP contribution in [0.15, 0.2) is 80.0 Å². The molecule has 58 heavy (non-hydrogen) atoms.